The Bertz CT molecular complexity index is 603. The van der Waals surface area contributed by atoms with Gasteiger partial charge in [-0.25, -0.2) is 0 Å². The Morgan fingerprint density at radius 1 is 1.05 bits per heavy atom. The zero-order valence-electron chi connectivity index (χ0n) is 12.6. The predicted molar refractivity (Wildman–Crippen MR) is 82.9 cm³/mol. The van der Waals surface area contributed by atoms with Gasteiger partial charge in [0.1, 0.15) is 12.9 Å². The fraction of sp³-hybridized carbons (Fsp3) is 0.278. The van der Waals surface area contributed by atoms with Gasteiger partial charge in [-0.2, -0.15) is 0 Å². The molecule has 2 aromatic rings. The lowest BCUT2D eigenvalue weighted by molar-refractivity contribution is -0.111. The summed E-state index contributed by atoms with van der Waals surface area (Å²) in [6.45, 7) is 4.22. The number of hydrogen-bond donors (Lipinski definition) is 0. The van der Waals surface area contributed by atoms with Crippen molar-refractivity contribution in [3.8, 4) is 11.5 Å². The average Bonchev–Trinajstić information content (AvgIpc) is 2.53. The highest BCUT2D eigenvalue weighted by Crippen LogP contribution is 2.33. The molecule has 0 unspecified atom stereocenters. The Hall–Kier alpha value is -2.29. The molecule has 0 saturated carbocycles. The molecule has 0 N–H and O–H groups in total. The minimum atomic E-state index is -0.545. The van der Waals surface area contributed by atoms with Crippen molar-refractivity contribution in [1.29, 1.82) is 0 Å². The van der Waals surface area contributed by atoms with E-state index in [0.29, 0.717) is 18.1 Å². The van der Waals surface area contributed by atoms with Crippen molar-refractivity contribution < 1.29 is 14.3 Å². The summed E-state index contributed by atoms with van der Waals surface area (Å²) < 4.78 is 11.2. The summed E-state index contributed by atoms with van der Waals surface area (Å²) in [6, 6.07) is 15.5. The molecule has 0 heterocycles. The number of ether oxygens (including phenoxy) is 2. The van der Waals surface area contributed by atoms with Gasteiger partial charge in [0.2, 0.25) is 0 Å². The van der Waals surface area contributed by atoms with Crippen molar-refractivity contribution in [3.63, 3.8) is 0 Å². The fourth-order valence-corrected chi connectivity index (χ4v) is 1.99. The van der Waals surface area contributed by atoms with Gasteiger partial charge >= 0.3 is 0 Å². The lowest BCUT2D eigenvalue weighted by Gasteiger charge is -2.20. The van der Waals surface area contributed by atoms with Crippen LogP contribution in [0.15, 0.2) is 48.5 Å². The van der Waals surface area contributed by atoms with Gasteiger partial charge in [0.05, 0.1) is 7.11 Å². The van der Waals surface area contributed by atoms with Gasteiger partial charge in [-0.05, 0) is 37.1 Å². The van der Waals surface area contributed by atoms with E-state index in [1.807, 2.05) is 62.4 Å². The monoisotopic (exact) mass is 284 g/mol. The van der Waals surface area contributed by atoms with Crippen LogP contribution in [-0.4, -0.2) is 13.4 Å². The van der Waals surface area contributed by atoms with Gasteiger partial charge in [0.25, 0.3) is 0 Å². The molecule has 0 aliphatic heterocycles. The van der Waals surface area contributed by atoms with E-state index in [-0.39, 0.29) is 0 Å². The first-order chi connectivity index (χ1) is 10.1. The third-order valence-corrected chi connectivity index (χ3v) is 3.44. The van der Waals surface area contributed by atoms with Crippen molar-refractivity contribution in [2.75, 3.05) is 7.11 Å². The molecule has 0 bridgehead atoms. The summed E-state index contributed by atoms with van der Waals surface area (Å²) in [6.07, 6.45) is 0.940. The normalized spacial score (nSPS) is 11.0. The van der Waals surface area contributed by atoms with Gasteiger partial charge in [0.15, 0.2) is 11.5 Å². The zero-order chi connectivity index (χ0) is 15.3. The highest BCUT2D eigenvalue weighted by molar-refractivity contribution is 5.68. The van der Waals surface area contributed by atoms with E-state index in [2.05, 4.69) is 0 Å². The summed E-state index contributed by atoms with van der Waals surface area (Å²) in [7, 11) is 1.61. The van der Waals surface area contributed by atoms with E-state index in [0.717, 1.165) is 17.4 Å². The molecule has 3 heteroatoms. The Kier molecular flexibility index (Phi) is 4.63. The third kappa shape index (κ3) is 3.63. The topological polar surface area (TPSA) is 35.5 Å². The van der Waals surface area contributed by atoms with Gasteiger partial charge in [0, 0.05) is 5.41 Å². The number of aldehydes is 1. The Labute approximate surface area is 125 Å². The maximum absolute atomic E-state index is 11.2. The van der Waals surface area contributed by atoms with Crippen LogP contribution in [0.4, 0.5) is 0 Å². The predicted octanol–water partition coefficient (Wildman–Crippen LogP) is 3.75. The highest BCUT2D eigenvalue weighted by atomic mass is 16.5. The van der Waals surface area contributed by atoms with Crippen LogP contribution < -0.4 is 9.47 Å². The molecule has 0 fully saturated rings. The molecular weight excluding hydrogens is 264 g/mol. The second-order valence-corrected chi connectivity index (χ2v) is 5.48. The molecule has 0 aliphatic carbocycles. The van der Waals surface area contributed by atoms with E-state index >= 15 is 0 Å². The molecule has 0 radical (unpaired) electrons. The van der Waals surface area contributed by atoms with Gasteiger partial charge in [-0.1, -0.05) is 36.4 Å². The smallest absolute Gasteiger partial charge is 0.161 e. The van der Waals surface area contributed by atoms with Crippen molar-refractivity contribution in [3.05, 3.63) is 59.7 Å². The highest BCUT2D eigenvalue weighted by Gasteiger charge is 2.21. The van der Waals surface area contributed by atoms with E-state index in [9.17, 15) is 4.79 Å². The molecule has 2 aromatic carbocycles. The summed E-state index contributed by atoms with van der Waals surface area (Å²) in [5.74, 6) is 1.31. The van der Waals surface area contributed by atoms with Crippen LogP contribution in [0.1, 0.15) is 25.0 Å². The second-order valence-electron chi connectivity index (χ2n) is 5.48. The van der Waals surface area contributed by atoms with Crippen molar-refractivity contribution in [2.24, 2.45) is 0 Å². The molecule has 0 aromatic heterocycles. The first-order valence-corrected chi connectivity index (χ1v) is 6.88. The maximum atomic E-state index is 11.2. The van der Waals surface area contributed by atoms with E-state index in [1.54, 1.807) is 7.11 Å². The maximum Gasteiger partial charge on any atom is 0.161 e. The van der Waals surface area contributed by atoms with Crippen molar-refractivity contribution in [1.82, 2.24) is 0 Å². The van der Waals surface area contributed by atoms with Gasteiger partial charge in [-0.3, -0.25) is 0 Å². The lowest BCUT2D eigenvalue weighted by atomic mass is 9.86. The third-order valence-electron chi connectivity index (χ3n) is 3.44. The SMILES string of the molecule is COc1ccc(C(C)(C)C=O)cc1OCc1ccccc1. The average molecular weight is 284 g/mol. The number of rotatable bonds is 6. The Morgan fingerprint density at radius 3 is 2.38 bits per heavy atom. The van der Waals surface area contributed by atoms with Crippen LogP contribution in [0.2, 0.25) is 0 Å². The number of benzene rings is 2. The molecule has 110 valence electrons. The zero-order valence-corrected chi connectivity index (χ0v) is 12.6. The largest absolute Gasteiger partial charge is 0.493 e. The molecule has 21 heavy (non-hydrogen) atoms. The van der Waals surface area contributed by atoms with E-state index in [1.165, 1.54) is 0 Å². The minimum Gasteiger partial charge on any atom is -0.493 e. The van der Waals surface area contributed by atoms with Gasteiger partial charge < -0.3 is 14.3 Å². The minimum absolute atomic E-state index is 0.460. The standard InChI is InChI=1S/C18H20O3/c1-18(2,13-19)15-9-10-16(20-3)17(11-15)21-12-14-7-5-4-6-8-14/h4-11,13H,12H2,1-3H3. The van der Waals surface area contributed by atoms with Crippen LogP contribution in [0.25, 0.3) is 0 Å². The van der Waals surface area contributed by atoms with Crippen LogP contribution >= 0.6 is 0 Å². The molecule has 0 spiro atoms. The Morgan fingerprint density at radius 2 is 1.76 bits per heavy atom. The van der Waals surface area contributed by atoms with Crippen LogP contribution in [-0.2, 0) is 16.8 Å². The van der Waals surface area contributed by atoms with Crippen molar-refractivity contribution in [2.45, 2.75) is 25.9 Å². The summed E-state index contributed by atoms with van der Waals surface area (Å²) in [5.41, 5.74) is 1.44. The molecule has 0 saturated heterocycles. The number of methoxy groups -OCH3 is 1. The lowest BCUT2D eigenvalue weighted by Crippen LogP contribution is -2.18. The molecule has 0 aliphatic rings. The Balaban J connectivity index is 2.24. The van der Waals surface area contributed by atoms with Gasteiger partial charge in [-0.15, -0.1) is 0 Å². The summed E-state index contributed by atoms with van der Waals surface area (Å²) >= 11 is 0. The quantitative estimate of drug-likeness (QED) is 0.758. The number of carbonyl (C=O) groups excluding carboxylic acids is 1. The first kappa shape index (κ1) is 15.1. The molecule has 0 amide bonds. The van der Waals surface area contributed by atoms with Crippen LogP contribution in [0, 0.1) is 0 Å². The summed E-state index contributed by atoms with van der Waals surface area (Å²) in [5, 5.41) is 0. The molecule has 0 atom stereocenters. The van der Waals surface area contributed by atoms with E-state index in [4.69, 9.17) is 9.47 Å². The van der Waals surface area contributed by atoms with E-state index < -0.39 is 5.41 Å². The molecule has 3 nitrogen and oxygen atoms in total. The van der Waals surface area contributed by atoms with Crippen molar-refractivity contribution >= 4 is 6.29 Å². The molecular formula is C18H20O3. The summed E-state index contributed by atoms with van der Waals surface area (Å²) in [4.78, 5) is 11.2. The van der Waals surface area contributed by atoms with Crippen LogP contribution in [0.3, 0.4) is 0 Å². The number of carbonyl (C=O) groups is 1. The first-order valence-electron chi connectivity index (χ1n) is 6.88. The van der Waals surface area contributed by atoms with Crippen LogP contribution in [0.5, 0.6) is 11.5 Å². The second kappa shape index (κ2) is 6.44. The number of hydrogen-bond acceptors (Lipinski definition) is 3. The molecule has 2 rings (SSSR count). The fourth-order valence-electron chi connectivity index (χ4n) is 1.99.